The van der Waals surface area contributed by atoms with E-state index in [-0.39, 0.29) is 11.9 Å². The lowest BCUT2D eigenvalue weighted by atomic mass is 10.2. The van der Waals surface area contributed by atoms with Crippen molar-refractivity contribution in [3.05, 3.63) is 0 Å². The number of ether oxygens (including phenoxy) is 2. The zero-order chi connectivity index (χ0) is 17.9. The largest absolute Gasteiger partial charge is 0.466 e. The van der Waals surface area contributed by atoms with Crippen LogP contribution in [0.1, 0.15) is 90.9 Å². The zero-order valence-corrected chi connectivity index (χ0v) is 15.5. The van der Waals surface area contributed by atoms with Gasteiger partial charge in [-0.3, -0.25) is 9.59 Å². The summed E-state index contributed by atoms with van der Waals surface area (Å²) in [5.41, 5.74) is 0. The molecule has 0 unspecified atom stereocenters. The highest BCUT2D eigenvalue weighted by Gasteiger charge is 2.02. The lowest BCUT2D eigenvalue weighted by Gasteiger charge is -2.03. The molecule has 0 amide bonds. The maximum atomic E-state index is 11.4. The molecule has 0 N–H and O–H groups in total. The van der Waals surface area contributed by atoms with Crippen LogP contribution in [0.25, 0.3) is 0 Å². The predicted molar refractivity (Wildman–Crippen MR) is 96.4 cm³/mol. The molecule has 0 saturated heterocycles. The molecule has 0 bridgehead atoms. The van der Waals surface area contributed by atoms with Crippen LogP contribution in [-0.4, -0.2) is 25.2 Å². The number of hydrogen-bond donors (Lipinski definition) is 0. The third-order valence-corrected chi connectivity index (χ3v) is 3.56. The topological polar surface area (TPSA) is 52.6 Å². The Kier molecular flexibility index (Phi) is 16.7. The van der Waals surface area contributed by atoms with Crippen molar-refractivity contribution >= 4 is 11.9 Å². The summed E-state index contributed by atoms with van der Waals surface area (Å²) in [7, 11) is 0. The number of carbonyl (C=O) groups is 2. The summed E-state index contributed by atoms with van der Waals surface area (Å²) < 4.78 is 10.2. The summed E-state index contributed by atoms with van der Waals surface area (Å²) in [6, 6.07) is 0. The predicted octanol–water partition coefficient (Wildman–Crippen LogP) is 4.80. The Morgan fingerprint density at radius 2 is 1.08 bits per heavy atom. The van der Waals surface area contributed by atoms with Crippen LogP contribution in [0.3, 0.4) is 0 Å². The molecular formula is C20H34O4. The minimum atomic E-state index is -0.188. The number of carbonyl (C=O) groups excluding carboxylic acids is 2. The quantitative estimate of drug-likeness (QED) is 0.259. The van der Waals surface area contributed by atoms with Gasteiger partial charge in [-0.2, -0.15) is 0 Å². The van der Waals surface area contributed by atoms with Gasteiger partial charge in [-0.15, -0.1) is 11.8 Å². The second kappa shape index (κ2) is 17.8. The van der Waals surface area contributed by atoms with Crippen LogP contribution in [0.4, 0.5) is 0 Å². The summed E-state index contributed by atoms with van der Waals surface area (Å²) in [5.74, 6) is 5.44. The zero-order valence-electron chi connectivity index (χ0n) is 15.5. The molecule has 0 aromatic rings. The molecule has 0 aromatic carbocycles. The molecule has 0 atom stereocenters. The van der Waals surface area contributed by atoms with E-state index < -0.39 is 0 Å². The molecule has 0 radical (unpaired) electrons. The minimum Gasteiger partial charge on any atom is -0.466 e. The summed E-state index contributed by atoms with van der Waals surface area (Å²) in [6.45, 7) is 5.32. The van der Waals surface area contributed by atoms with Crippen molar-refractivity contribution in [2.24, 2.45) is 0 Å². The maximum Gasteiger partial charge on any atom is 0.306 e. The highest BCUT2D eigenvalue weighted by atomic mass is 16.5. The standard InChI is InChI=1S/C20H34O4/c1-3-5-7-13-17-23-19(21)15-11-9-10-12-16-20(22)24-18-14-8-6-4-2/h3-8,11-18H2,1-2H3. The van der Waals surface area contributed by atoms with Gasteiger partial charge in [0.2, 0.25) is 0 Å². The van der Waals surface area contributed by atoms with Gasteiger partial charge in [-0.05, 0) is 12.8 Å². The molecule has 138 valence electrons. The SMILES string of the molecule is CCCCCCOC(=O)CCC#CCCC(=O)OCCCCCC. The van der Waals surface area contributed by atoms with E-state index in [4.69, 9.17) is 9.47 Å². The van der Waals surface area contributed by atoms with Crippen LogP contribution < -0.4 is 0 Å². The highest BCUT2D eigenvalue weighted by Crippen LogP contribution is 2.01. The van der Waals surface area contributed by atoms with Gasteiger partial charge >= 0.3 is 11.9 Å². The van der Waals surface area contributed by atoms with Gasteiger partial charge in [0.15, 0.2) is 0 Å². The van der Waals surface area contributed by atoms with Crippen molar-refractivity contribution in [3.63, 3.8) is 0 Å². The minimum absolute atomic E-state index is 0.188. The van der Waals surface area contributed by atoms with E-state index in [1.807, 2.05) is 0 Å². The Labute approximate surface area is 147 Å². The molecule has 4 heteroatoms. The first-order valence-corrected chi connectivity index (χ1v) is 9.47. The van der Waals surface area contributed by atoms with Gasteiger partial charge < -0.3 is 9.47 Å². The van der Waals surface area contributed by atoms with Crippen LogP contribution in [0.5, 0.6) is 0 Å². The fourth-order valence-electron chi connectivity index (χ4n) is 2.08. The van der Waals surface area contributed by atoms with Gasteiger partial charge in [-0.25, -0.2) is 0 Å². The molecule has 0 fully saturated rings. The van der Waals surface area contributed by atoms with E-state index in [0.717, 1.165) is 25.7 Å². The fraction of sp³-hybridized carbons (Fsp3) is 0.800. The van der Waals surface area contributed by atoms with Crippen molar-refractivity contribution in [1.29, 1.82) is 0 Å². The van der Waals surface area contributed by atoms with Crippen LogP contribution in [0, 0.1) is 11.8 Å². The summed E-state index contributed by atoms with van der Waals surface area (Å²) >= 11 is 0. The lowest BCUT2D eigenvalue weighted by Crippen LogP contribution is -2.05. The van der Waals surface area contributed by atoms with E-state index in [1.165, 1.54) is 25.7 Å². The molecule has 0 aliphatic carbocycles. The van der Waals surface area contributed by atoms with Crippen molar-refractivity contribution < 1.29 is 19.1 Å². The van der Waals surface area contributed by atoms with Crippen LogP contribution in [-0.2, 0) is 19.1 Å². The third-order valence-electron chi connectivity index (χ3n) is 3.56. The Bertz CT molecular complexity index is 345. The summed E-state index contributed by atoms with van der Waals surface area (Å²) in [6.07, 6.45) is 10.4. The van der Waals surface area contributed by atoms with Crippen molar-refractivity contribution in [2.45, 2.75) is 90.9 Å². The highest BCUT2D eigenvalue weighted by molar-refractivity contribution is 5.70. The van der Waals surface area contributed by atoms with Gasteiger partial charge in [0.05, 0.1) is 26.1 Å². The molecular weight excluding hydrogens is 304 g/mol. The molecule has 0 aliphatic heterocycles. The Morgan fingerprint density at radius 1 is 0.667 bits per heavy atom. The van der Waals surface area contributed by atoms with Crippen LogP contribution in [0.15, 0.2) is 0 Å². The fourth-order valence-corrected chi connectivity index (χ4v) is 2.08. The van der Waals surface area contributed by atoms with E-state index in [2.05, 4.69) is 25.7 Å². The Hall–Kier alpha value is -1.50. The first-order valence-electron chi connectivity index (χ1n) is 9.47. The molecule has 0 heterocycles. The van der Waals surface area contributed by atoms with Gasteiger partial charge in [0.25, 0.3) is 0 Å². The van der Waals surface area contributed by atoms with E-state index in [9.17, 15) is 9.59 Å². The number of unbranched alkanes of at least 4 members (excludes halogenated alkanes) is 6. The lowest BCUT2D eigenvalue weighted by molar-refractivity contribution is -0.144. The Morgan fingerprint density at radius 3 is 1.46 bits per heavy atom. The van der Waals surface area contributed by atoms with Crippen molar-refractivity contribution in [2.75, 3.05) is 13.2 Å². The van der Waals surface area contributed by atoms with Gasteiger partial charge in [0, 0.05) is 12.8 Å². The number of hydrogen-bond acceptors (Lipinski definition) is 4. The Balaban J connectivity index is 3.46. The first-order chi connectivity index (χ1) is 11.7. The molecule has 0 saturated carbocycles. The smallest absolute Gasteiger partial charge is 0.306 e. The van der Waals surface area contributed by atoms with Crippen LogP contribution in [0.2, 0.25) is 0 Å². The van der Waals surface area contributed by atoms with Gasteiger partial charge in [-0.1, -0.05) is 52.4 Å². The average Bonchev–Trinajstić information content (AvgIpc) is 2.57. The molecule has 0 aliphatic rings. The normalized spacial score (nSPS) is 9.92. The van der Waals surface area contributed by atoms with E-state index in [1.54, 1.807) is 0 Å². The third kappa shape index (κ3) is 16.9. The molecule has 0 rings (SSSR count). The van der Waals surface area contributed by atoms with Gasteiger partial charge in [0.1, 0.15) is 0 Å². The van der Waals surface area contributed by atoms with Crippen LogP contribution >= 0.6 is 0 Å². The van der Waals surface area contributed by atoms with E-state index >= 15 is 0 Å². The summed E-state index contributed by atoms with van der Waals surface area (Å²) in [4.78, 5) is 22.9. The second-order valence-corrected chi connectivity index (χ2v) is 5.92. The molecule has 0 spiro atoms. The monoisotopic (exact) mass is 338 g/mol. The molecule has 0 aromatic heterocycles. The maximum absolute atomic E-state index is 11.4. The van der Waals surface area contributed by atoms with E-state index in [0.29, 0.717) is 38.9 Å². The second-order valence-electron chi connectivity index (χ2n) is 5.92. The molecule has 4 nitrogen and oxygen atoms in total. The van der Waals surface area contributed by atoms with Crippen molar-refractivity contribution in [1.82, 2.24) is 0 Å². The van der Waals surface area contributed by atoms with Crippen molar-refractivity contribution in [3.8, 4) is 11.8 Å². The number of rotatable bonds is 14. The summed E-state index contributed by atoms with van der Waals surface area (Å²) in [5, 5.41) is 0. The number of esters is 2. The average molecular weight is 338 g/mol. The first kappa shape index (κ1) is 22.5. The molecule has 24 heavy (non-hydrogen) atoms.